The Labute approximate surface area is 175 Å². The number of likely N-dealkylation sites (tertiary alicyclic amines) is 1. The van der Waals surface area contributed by atoms with E-state index in [0.717, 1.165) is 17.1 Å². The summed E-state index contributed by atoms with van der Waals surface area (Å²) in [6.45, 7) is 3.11. The summed E-state index contributed by atoms with van der Waals surface area (Å²) in [4.78, 5) is 14.7. The normalized spacial score (nSPS) is 15.5. The van der Waals surface area contributed by atoms with E-state index in [2.05, 4.69) is 6.92 Å². The van der Waals surface area contributed by atoms with Crippen molar-refractivity contribution in [1.82, 2.24) is 4.90 Å². The zero-order valence-corrected chi connectivity index (χ0v) is 17.8. The smallest absolute Gasteiger partial charge is 0.264 e. The van der Waals surface area contributed by atoms with E-state index in [0.29, 0.717) is 24.0 Å². The third kappa shape index (κ3) is 4.62. The summed E-state index contributed by atoms with van der Waals surface area (Å²) in [5.74, 6) is 0.330. The van der Waals surface area contributed by atoms with Gasteiger partial charge in [0.1, 0.15) is 6.54 Å². The van der Waals surface area contributed by atoms with Gasteiger partial charge in [-0.05, 0) is 49.1 Å². The van der Waals surface area contributed by atoms with Crippen LogP contribution in [0.3, 0.4) is 0 Å². The summed E-state index contributed by atoms with van der Waals surface area (Å²) in [6, 6.07) is 12.6. The lowest BCUT2D eigenvalue weighted by molar-refractivity contribution is -0.130. The van der Waals surface area contributed by atoms with Crippen LogP contribution < -0.4 is 4.31 Å². The van der Waals surface area contributed by atoms with E-state index in [1.165, 1.54) is 24.3 Å². The fourth-order valence-electron chi connectivity index (χ4n) is 3.18. The number of piperidine rings is 1. The van der Waals surface area contributed by atoms with Crippen LogP contribution >= 0.6 is 23.2 Å². The van der Waals surface area contributed by atoms with Gasteiger partial charge in [-0.3, -0.25) is 9.10 Å². The minimum Gasteiger partial charge on any atom is -0.341 e. The summed E-state index contributed by atoms with van der Waals surface area (Å²) in [7, 11) is -3.98. The molecule has 1 amide bonds. The van der Waals surface area contributed by atoms with Crippen LogP contribution in [0, 0.1) is 5.92 Å². The molecule has 8 heteroatoms. The Morgan fingerprint density at radius 2 is 1.75 bits per heavy atom. The highest BCUT2D eigenvalue weighted by atomic mass is 35.5. The highest BCUT2D eigenvalue weighted by Crippen LogP contribution is 2.33. The van der Waals surface area contributed by atoms with Crippen molar-refractivity contribution in [3.8, 4) is 0 Å². The number of amides is 1. The predicted molar refractivity (Wildman–Crippen MR) is 112 cm³/mol. The molecular formula is C20H22Cl2N2O3S. The van der Waals surface area contributed by atoms with Gasteiger partial charge in [-0.1, -0.05) is 48.3 Å². The Bertz CT molecular complexity index is 943. The lowest BCUT2D eigenvalue weighted by atomic mass is 9.99. The Morgan fingerprint density at radius 1 is 1.11 bits per heavy atom. The van der Waals surface area contributed by atoms with E-state index in [9.17, 15) is 13.2 Å². The summed E-state index contributed by atoms with van der Waals surface area (Å²) in [5.41, 5.74) is 0.230. The van der Waals surface area contributed by atoms with E-state index in [1.807, 2.05) is 0 Å². The molecule has 1 heterocycles. The van der Waals surface area contributed by atoms with Gasteiger partial charge < -0.3 is 4.90 Å². The predicted octanol–water partition coefficient (Wildman–Crippen LogP) is 4.45. The van der Waals surface area contributed by atoms with Crippen molar-refractivity contribution in [2.24, 2.45) is 5.92 Å². The molecule has 3 rings (SSSR count). The minimum absolute atomic E-state index is 0.0982. The van der Waals surface area contributed by atoms with E-state index < -0.39 is 10.0 Å². The minimum atomic E-state index is -3.98. The molecule has 0 unspecified atom stereocenters. The van der Waals surface area contributed by atoms with Gasteiger partial charge in [-0.15, -0.1) is 0 Å². The SMILES string of the molecule is CC1CCN(C(=O)CN(c2ccc(Cl)cc2Cl)S(=O)(=O)c2ccccc2)CC1. The number of halogens is 2. The number of benzene rings is 2. The molecule has 2 aromatic carbocycles. The van der Waals surface area contributed by atoms with Crippen molar-refractivity contribution in [3.05, 3.63) is 58.6 Å². The molecule has 0 aliphatic carbocycles. The first-order valence-electron chi connectivity index (χ1n) is 9.09. The third-order valence-electron chi connectivity index (χ3n) is 4.92. The Morgan fingerprint density at radius 3 is 2.36 bits per heavy atom. The van der Waals surface area contributed by atoms with Crippen LogP contribution in [0.2, 0.25) is 10.0 Å². The molecule has 2 aromatic rings. The maximum absolute atomic E-state index is 13.3. The molecular weight excluding hydrogens is 419 g/mol. The van der Waals surface area contributed by atoms with Crippen LogP contribution in [0.5, 0.6) is 0 Å². The van der Waals surface area contributed by atoms with Gasteiger partial charge >= 0.3 is 0 Å². The van der Waals surface area contributed by atoms with Gasteiger partial charge in [0.05, 0.1) is 15.6 Å². The molecule has 1 aliphatic rings. The molecule has 28 heavy (non-hydrogen) atoms. The molecule has 0 bridgehead atoms. The number of rotatable bonds is 5. The van der Waals surface area contributed by atoms with Crippen LogP contribution in [-0.2, 0) is 14.8 Å². The number of carbonyl (C=O) groups excluding carboxylic acids is 1. The average Bonchev–Trinajstić information content (AvgIpc) is 2.67. The number of sulfonamides is 1. The molecule has 0 N–H and O–H groups in total. The summed E-state index contributed by atoms with van der Waals surface area (Å²) < 4.78 is 27.7. The first-order chi connectivity index (χ1) is 13.3. The van der Waals surface area contributed by atoms with E-state index in [-0.39, 0.29) is 28.1 Å². The standard InChI is InChI=1S/C20H22Cl2N2O3S/c1-15-9-11-23(12-10-15)20(25)14-24(19-8-7-16(21)13-18(19)22)28(26,27)17-5-3-2-4-6-17/h2-8,13,15H,9-12,14H2,1H3. The second kappa shape index (κ2) is 8.72. The van der Waals surface area contributed by atoms with Crippen molar-refractivity contribution in [2.75, 3.05) is 23.9 Å². The van der Waals surface area contributed by atoms with E-state index in [1.54, 1.807) is 29.2 Å². The van der Waals surface area contributed by atoms with Crippen LogP contribution in [0.1, 0.15) is 19.8 Å². The highest BCUT2D eigenvalue weighted by molar-refractivity contribution is 7.92. The monoisotopic (exact) mass is 440 g/mol. The molecule has 0 atom stereocenters. The largest absolute Gasteiger partial charge is 0.341 e. The van der Waals surface area contributed by atoms with E-state index in [4.69, 9.17) is 23.2 Å². The van der Waals surface area contributed by atoms with Crippen LogP contribution in [-0.4, -0.2) is 38.9 Å². The Kier molecular flexibility index (Phi) is 6.53. The number of anilines is 1. The highest BCUT2D eigenvalue weighted by Gasteiger charge is 2.31. The fourth-order valence-corrected chi connectivity index (χ4v) is 5.20. The molecule has 0 aromatic heterocycles. The van der Waals surface area contributed by atoms with Gasteiger partial charge in [-0.2, -0.15) is 0 Å². The number of hydrogen-bond donors (Lipinski definition) is 0. The molecule has 1 fully saturated rings. The summed E-state index contributed by atoms with van der Waals surface area (Å²) in [5, 5.41) is 0.564. The lowest BCUT2D eigenvalue weighted by Gasteiger charge is -2.33. The lowest BCUT2D eigenvalue weighted by Crippen LogP contribution is -2.45. The molecule has 5 nitrogen and oxygen atoms in total. The molecule has 0 radical (unpaired) electrons. The molecule has 150 valence electrons. The van der Waals surface area contributed by atoms with Gasteiger partial charge in [0.25, 0.3) is 10.0 Å². The van der Waals surface area contributed by atoms with Gasteiger partial charge in [-0.25, -0.2) is 8.42 Å². The molecule has 1 aliphatic heterocycles. The zero-order valence-electron chi connectivity index (χ0n) is 15.5. The van der Waals surface area contributed by atoms with Gasteiger partial charge in [0.15, 0.2) is 0 Å². The Balaban J connectivity index is 1.96. The van der Waals surface area contributed by atoms with Gasteiger partial charge in [0.2, 0.25) is 5.91 Å². The second-order valence-corrected chi connectivity index (χ2v) is 9.69. The molecule has 0 spiro atoms. The van der Waals surface area contributed by atoms with Crippen molar-refractivity contribution in [1.29, 1.82) is 0 Å². The average molecular weight is 441 g/mol. The number of hydrogen-bond acceptors (Lipinski definition) is 3. The maximum atomic E-state index is 13.3. The Hall–Kier alpha value is -1.76. The van der Waals surface area contributed by atoms with Crippen LogP contribution in [0.25, 0.3) is 0 Å². The topological polar surface area (TPSA) is 57.7 Å². The fraction of sp³-hybridized carbons (Fsp3) is 0.350. The zero-order chi connectivity index (χ0) is 20.3. The number of nitrogens with zero attached hydrogens (tertiary/aromatic N) is 2. The van der Waals surface area contributed by atoms with Crippen molar-refractivity contribution in [3.63, 3.8) is 0 Å². The quantitative estimate of drug-likeness (QED) is 0.689. The maximum Gasteiger partial charge on any atom is 0.264 e. The first kappa shape index (κ1) is 21.0. The summed E-state index contributed by atoms with van der Waals surface area (Å²) in [6.07, 6.45) is 1.83. The van der Waals surface area contributed by atoms with Crippen molar-refractivity contribution in [2.45, 2.75) is 24.7 Å². The van der Waals surface area contributed by atoms with Crippen LogP contribution in [0.4, 0.5) is 5.69 Å². The second-order valence-electron chi connectivity index (χ2n) is 6.98. The van der Waals surface area contributed by atoms with E-state index >= 15 is 0 Å². The summed E-state index contributed by atoms with van der Waals surface area (Å²) >= 11 is 12.3. The molecule has 1 saturated heterocycles. The third-order valence-corrected chi connectivity index (χ3v) is 7.24. The van der Waals surface area contributed by atoms with Crippen LogP contribution in [0.15, 0.2) is 53.4 Å². The molecule has 0 saturated carbocycles. The van der Waals surface area contributed by atoms with Crippen molar-refractivity contribution < 1.29 is 13.2 Å². The first-order valence-corrected chi connectivity index (χ1v) is 11.3. The van der Waals surface area contributed by atoms with Crippen molar-refractivity contribution >= 4 is 44.8 Å². The number of carbonyl (C=O) groups is 1. The van der Waals surface area contributed by atoms with Gasteiger partial charge in [0, 0.05) is 18.1 Å².